The zero-order valence-electron chi connectivity index (χ0n) is 15.8. The molecule has 140 valence electrons. The molecule has 2 aromatic rings. The van der Waals surface area contributed by atoms with Crippen molar-refractivity contribution in [1.29, 1.82) is 0 Å². The maximum absolute atomic E-state index is 12.9. The Morgan fingerprint density at radius 1 is 1.00 bits per heavy atom. The Bertz CT molecular complexity index is 922. The van der Waals surface area contributed by atoms with Gasteiger partial charge in [-0.3, -0.25) is 4.79 Å². The first-order valence-electron chi connectivity index (χ1n) is 8.89. The van der Waals surface area contributed by atoms with E-state index in [0.717, 1.165) is 33.8 Å². The molecular weight excluding hydrogens is 356 g/mol. The third-order valence-corrected chi connectivity index (χ3v) is 5.45. The van der Waals surface area contributed by atoms with Crippen molar-refractivity contribution in [1.82, 2.24) is 0 Å². The Kier molecular flexibility index (Phi) is 5.61. The molecule has 0 saturated heterocycles. The molecular formula is C22H24N2O2S. The Morgan fingerprint density at radius 3 is 2.41 bits per heavy atom. The van der Waals surface area contributed by atoms with Gasteiger partial charge in [0.15, 0.2) is 11.0 Å². The summed E-state index contributed by atoms with van der Waals surface area (Å²) < 4.78 is 15.9. The van der Waals surface area contributed by atoms with Gasteiger partial charge >= 0.3 is 0 Å². The van der Waals surface area contributed by atoms with Gasteiger partial charge < -0.3 is 10.0 Å². The normalized spacial score (nSPS) is 14.2. The van der Waals surface area contributed by atoms with Gasteiger partial charge in [0.2, 0.25) is 5.91 Å². The highest BCUT2D eigenvalue weighted by Gasteiger charge is 2.21. The fraction of sp³-hybridized carbons (Fsp3) is 0.227. The quantitative estimate of drug-likeness (QED) is 0.790. The highest BCUT2D eigenvalue weighted by Crippen LogP contribution is 2.25. The summed E-state index contributed by atoms with van der Waals surface area (Å²) in [7, 11) is -1.37. The fourth-order valence-electron chi connectivity index (χ4n) is 2.66. The van der Waals surface area contributed by atoms with Crippen molar-refractivity contribution in [3.63, 3.8) is 0 Å². The number of benzene rings is 2. The SMILES string of the molecule is CC(C)(C)C(=O)Nc1ccc(NS(=O)c2cccc3c2CC=CC=C3)cc1. The molecule has 0 bridgehead atoms. The van der Waals surface area contributed by atoms with Gasteiger partial charge in [0.25, 0.3) is 0 Å². The lowest BCUT2D eigenvalue weighted by atomic mass is 9.95. The Morgan fingerprint density at radius 2 is 1.70 bits per heavy atom. The molecule has 27 heavy (non-hydrogen) atoms. The number of hydrogen-bond donors (Lipinski definition) is 2. The van der Waals surface area contributed by atoms with Gasteiger partial charge in [0.05, 0.1) is 4.90 Å². The van der Waals surface area contributed by atoms with Crippen LogP contribution in [0, 0.1) is 5.41 Å². The van der Waals surface area contributed by atoms with Crippen LogP contribution >= 0.6 is 0 Å². The van der Waals surface area contributed by atoms with Crippen molar-refractivity contribution < 1.29 is 9.00 Å². The van der Waals surface area contributed by atoms with E-state index in [1.54, 1.807) is 12.1 Å². The minimum atomic E-state index is -1.37. The van der Waals surface area contributed by atoms with E-state index in [4.69, 9.17) is 0 Å². The summed E-state index contributed by atoms with van der Waals surface area (Å²) in [6, 6.07) is 13.1. The Labute approximate surface area is 163 Å². The van der Waals surface area contributed by atoms with Crippen LogP contribution in [0.1, 0.15) is 31.9 Å². The van der Waals surface area contributed by atoms with Gasteiger partial charge in [-0.1, -0.05) is 57.2 Å². The molecule has 5 heteroatoms. The van der Waals surface area contributed by atoms with Crippen LogP contribution in [0.4, 0.5) is 11.4 Å². The summed E-state index contributed by atoms with van der Waals surface area (Å²) in [5.74, 6) is -0.0418. The maximum atomic E-state index is 12.9. The van der Waals surface area contributed by atoms with Crippen molar-refractivity contribution in [3.8, 4) is 0 Å². The molecule has 1 atom stereocenters. The Balaban J connectivity index is 1.73. The average Bonchev–Trinajstić information content (AvgIpc) is 2.87. The first-order chi connectivity index (χ1) is 12.8. The number of allylic oxidation sites excluding steroid dienone is 3. The summed E-state index contributed by atoms with van der Waals surface area (Å²) in [6.45, 7) is 5.61. The topological polar surface area (TPSA) is 58.2 Å². The number of carbonyl (C=O) groups is 1. The van der Waals surface area contributed by atoms with E-state index in [2.05, 4.69) is 16.1 Å². The lowest BCUT2D eigenvalue weighted by Gasteiger charge is -2.18. The monoisotopic (exact) mass is 380 g/mol. The number of carbonyl (C=O) groups excluding carboxylic acids is 1. The van der Waals surface area contributed by atoms with Crippen molar-refractivity contribution >= 4 is 34.3 Å². The van der Waals surface area contributed by atoms with Crippen LogP contribution in [0.3, 0.4) is 0 Å². The minimum Gasteiger partial charge on any atom is -0.326 e. The van der Waals surface area contributed by atoms with E-state index < -0.39 is 16.4 Å². The second-order valence-corrected chi connectivity index (χ2v) is 8.65. The molecule has 0 aromatic heterocycles. The van der Waals surface area contributed by atoms with Crippen LogP contribution < -0.4 is 10.0 Å². The standard InChI is InChI=1S/C22H24N2O2S/c1-22(2,3)21(25)23-17-12-14-18(15-13-17)24-27(26)20-11-7-9-16-8-5-4-6-10-19(16)20/h4-9,11-15,24H,10H2,1-3H3,(H,23,25). The van der Waals surface area contributed by atoms with Crippen LogP contribution in [-0.2, 0) is 22.2 Å². The molecule has 0 fully saturated rings. The zero-order chi connectivity index (χ0) is 19.4. The maximum Gasteiger partial charge on any atom is 0.229 e. The van der Waals surface area contributed by atoms with Crippen LogP contribution in [0.5, 0.6) is 0 Å². The molecule has 1 aliphatic rings. The van der Waals surface area contributed by atoms with Gasteiger partial charge in [-0.15, -0.1) is 0 Å². The summed E-state index contributed by atoms with van der Waals surface area (Å²) in [6.07, 6.45) is 8.85. The molecule has 2 N–H and O–H groups in total. The lowest BCUT2D eigenvalue weighted by molar-refractivity contribution is -0.123. The average molecular weight is 381 g/mol. The molecule has 0 saturated carbocycles. The first kappa shape index (κ1) is 19.1. The number of hydrogen-bond acceptors (Lipinski definition) is 2. The number of amides is 1. The summed E-state index contributed by atoms with van der Waals surface area (Å²) >= 11 is 0. The second kappa shape index (κ2) is 7.92. The van der Waals surface area contributed by atoms with E-state index in [9.17, 15) is 9.00 Å². The van der Waals surface area contributed by atoms with Crippen LogP contribution in [0.25, 0.3) is 6.08 Å². The molecule has 4 nitrogen and oxygen atoms in total. The second-order valence-electron chi connectivity index (χ2n) is 7.47. The number of anilines is 2. The van der Waals surface area contributed by atoms with E-state index in [1.807, 2.05) is 69.3 Å². The largest absolute Gasteiger partial charge is 0.326 e. The van der Waals surface area contributed by atoms with Gasteiger partial charge in [-0.25, -0.2) is 4.21 Å². The van der Waals surface area contributed by atoms with Crippen molar-refractivity contribution in [2.24, 2.45) is 5.41 Å². The van der Waals surface area contributed by atoms with Crippen molar-refractivity contribution in [3.05, 3.63) is 71.8 Å². The van der Waals surface area contributed by atoms with Gasteiger partial charge in [0, 0.05) is 16.8 Å². The summed E-state index contributed by atoms with van der Waals surface area (Å²) in [4.78, 5) is 12.8. The number of rotatable bonds is 4. The highest BCUT2D eigenvalue weighted by atomic mass is 32.2. The zero-order valence-corrected chi connectivity index (χ0v) is 16.6. The molecule has 1 amide bonds. The molecule has 1 aliphatic carbocycles. The highest BCUT2D eigenvalue weighted by molar-refractivity contribution is 7.86. The molecule has 0 radical (unpaired) electrons. The van der Waals surface area contributed by atoms with Crippen LogP contribution in [0.2, 0.25) is 0 Å². The van der Waals surface area contributed by atoms with Crippen molar-refractivity contribution in [2.45, 2.75) is 32.1 Å². The van der Waals surface area contributed by atoms with E-state index >= 15 is 0 Å². The first-order valence-corrected chi connectivity index (χ1v) is 10.0. The predicted molar refractivity (Wildman–Crippen MR) is 113 cm³/mol. The van der Waals surface area contributed by atoms with Crippen molar-refractivity contribution in [2.75, 3.05) is 10.0 Å². The molecule has 1 unspecified atom stereocenters. The van der Waals surface area contributed by atoms with E-state index in [-0.39, 0.29) is 5.91 Å². The predicted octanol–water partition coefficient (Wildman–Crippen LogP) is 4.93. The lowest BCUT2D eigenvalue weighted by Crippen LogP contribution is -2.27. The number of fused-ring (bicyclic) bond motifs is 1. The number of nitrogens with one attached hydrogen (secondary N) is 2. The molecule has 0 heterocycles. The summed E-state index contributed by atoms with van der Waals surface area (Å²) in [5, 5.41) is 2.88. The minimum absolute atomic E-state index is 0.0418. The molecule has 0 spiro atoms. The third kappa shape index (κ3) is 4.74. The fourth-order valence-corrected chi connectivity index (χ4v) is 3.74. The van der Waals surface area contributed by atoms with Crippen LogP contribution in [-0.4, -0.2) is 10.1 Å². The molecule has 2 aromatic carbocycles. The smallest absolute Gasteiger partial charge is 0.229 e. The molecule has 3 rings (SSSR count). The summed E-state index contributed by atoms with van der Waals surface area (Å²) in [5.41, 5.74) is 3.16. The van der Waals surface area contributed by atoms with Gasteiger partial charge in [0.1, 0.15) is 0 Å². The third-order valence-electron chi connectivity index (χ3n) is 4.25. The van der Waals surface area contributed by atoms with E-state index in [1.165, 1.54) is 0 Å². The molecule has 0 aliphatic heterocycles. The Hall–Kier alpha value is -2.66. The van der Waals surface area contributed by atoms with E-state index in [0.29, 0.717) is 0 Å². The van der Waals surface area contributed by atoms with Gasteiger partial charge in [-0.05, 0) is 47.9 Å². The van der Waals surface area contributed by atoms with Crippen LogP contribution in [0.15, 0.2) is 65.6 Å². The van der Waals surface area contributed by atoms with Gasteiger partial charge in [-0.2, -0.15) is 0 Å².